The SMILES string of the molecule is C=C(C)C(/C(C)=C(\I)[C@H](C)C1CCC(C)(C)CC1)=C(/C)CCC. The van der Waals surface area contributed by atoms with Gasteiger partial charge in [0, 0.05) is 0 Å². The van der Waals surface area contributed by atoms with E-state index in [4.69, 9.17) is 0 Å². The van der Waals surface area contributed by atoms with E-state index in [1.54, 1.807) is 3.58 Å². The monoisotopic (exact) mass is 428 g/mol. The van der Waals surface area contributed by atoms with Crippen molar-refractivity contribution in [3.05, 3.63) is 32.5 Å². The Morgan fingerprint density at radius 2 is 1.70 bits per heavy atom. The van der Waals surface area contributed by atoms with E-state index in [9.17, 15) is 0 Å². The second-order valence-corrected chi connectivity index (χ2v) is 9.61. The molecule has 1 rings (SSSR count). The van der Waals surface area contributed by atoms with Crippen molar-refractivity contribution in [3.63, 3.8) is 0 Å². The van der Waals surface area contributed by atoms with Gasteiger partial charge in [-0.1, -0.05) is 51.8 Å². The molecule has 0 amide bonds. The largest absolute Gasteiger partial charge is 0.0955 e. The lowest BCUT2D eigenvalue weighted by molar-refractivity contribution is 0.168. The summed E-state index contributed by atoms with van der Waals surface area (Å²) in [5.41, 5.74) is 6.19. The minimum Gasteiger partial charge on any atom is -0.0955 e. The molecule has 0 saturated heterocycles. The lowest BCUT2D eigenvalue weighted by Gasteiger charge is -2.37. The van der Waals surface area contributed by atoms with Gasteiger partial charge in [-0.3, -0.25) is 0 Å². The van der Waals surface area contributed by atoms with E-state index in [0.29, 0.717) is 11.3 Å². The predicted octanol–water partition coefficient (Wildman–Crippen LogP) is 8.24. The fourth-order valence-corrected chi connectivity index (χ4v) is 4.87. The number of halogens is 1. The first-order chi connectivity index (χ1) is 10.6. The Balaban J connectivity index is 3.02. The van der Waals surface area contributed by atoms with Gasteiger partial charge in [-0.05, 0) is 107 Å². The molecule has 23 heavy (non-hydrogen) atoms. The topological polar surface area (TPSA) is 0 Å². The lowest BCUT2D eigenvalue weighted by Crippen LogP contribution is -2.25. The highest BCUT2D eigenvalue weighted by molar-refractivity contribution is 14.1. The van der Waals surface area contributed by atoms with Gasteiger partial charge in [0.15, 0.2) is 0 Å². The average Bonchev–Trinajstić information content (AvgIpc) is 2.45. The Morgan fingerprint density at radius 1 is 1.17 bits per heavy atom. The molecule has 1 saturated carbocycles. The number of rotatable bonds is 6. The third-order valence-corrected chi connectivity index (χ3v) is 7.49. The second-order valence-electron chi connectivity index (χ2n) is 8.45. The van der Waals surface area contributed by atoms with Gasteiger partial charge in [-0.25, -0.2) is 0 Å². The van der Waals surface area contributed by atoms with Crippen LogP contribution in [0.3, 0.4) is 0 Å². The van der Waals surface area contributed by atoms with Crippen molar-refractivity contribution in [1.82, 2.24) is 0 Å². The Morgan fingerprint density at radius 3 is 2.13 bits per heavy atom. The summed E-state index contributed by atoms with van der Waals surface area (Å²) in [6.45, 7) is 20.6. The van der Waals surface area contributed by atoms with Crippen LogP contribution in [0.15, 0.2) is 32.5 Å². The Kier molecular flexibility index (Phi) is 8.10. The molecule has 0 N–H and O–H groups in total. The molecule has 0 aliphatic heterocycles. The predicted molar refractivity (Wildman–Crippen MR) is 114 cm³/mol. The fourth-order valence-electron chi connectivity index (χ4n) is 4.09. The average molecular weight is 428 g/mol. The molecule has 1 aliphatic rings. The first kappa shape index (κ1) is 21.0. The quantitative estimate of drug-likeness (QED) is 0.295. The maximum absolute atomic E-state index is 4.26. The molecular weight excluding hydrogens is 391 g/mol. The molecule has 0 spiro atoms. The third-order valence-electron chi connectivity index (χ3n) is 5.70. The van der Waals surface area contributed by atoms with Crippen LogP contribution in [0.4, 0.5) is 0 Å². The van der Waals surface area contributed by atoms with Crippen LogP contribution in [-0.2, 0) is 0 Å². The Bertz CT molecular complexity index is 480. The Hall–Kier alpha value is -0.0500. The summed E-state index contributed by atoms with van der Waals surface area (Å²) in [6.07, 6.45) is 7.91. The molecule has 0 radical (unpaired) electrons. The lowest BCUT2D eigenvalue weighted by atomic mass is 9.69. The number of hydrogen-bond acceptors (Lipinski definition) is 0. The van der Waals surface area contributed by atoms with Gasteiger partial charge in [-0.2, -0.15) is 0 Å². The molecule has 0 nitrogen and oxygen atoms in total. The van der Waals surface area contributed by atoms with Crippen molar-refractivity contribution in [3.8, 4) is 0 Å². The van der Waals surface area contributed by atoms with Crippen molar-refractivity contribution in [2.75, 3.05) is 0 Å². The second kappa shape index (κ2) is 8.87. The van der Waals surface area contributed by atoms with Crippen molar-refractivity contribution in [1.29, 1.82) is 0 Å². The molecule has 1 atom stereocenters. The standard InChI is InChI=1S/C22H37I/c1-9-10-16(4)20(15(2)3)18(6)21(23)17(5)19-11-13-22(7,8)14-12-19/h17,19H,2,9-14H2,1,3-8H3/b20-16+,21-18-/t17-/m1/s1. The number of hydrogen-bond donors (Lipinski definition) is 0. The molecule has 0 heterocycles. The van der Waals surface area contributed by atoms with Crippen LogP contribution >= 0.6 is 22.6 Å². The van der Waals surface area contributed by atoms with Crippen LogP contribution in [0, 0.1) is 17.3 Å². The minimum atomic E-state index is 0.556. The van der Waals surface area contributed by atoms with Crippen molar-refractivity contribution in [2.24, 2.45) is 17.3 Å². The van der Waals surface area contributed by atoms with Gasteiger partial charge in [0.1, 0.15) is 0 Å². The summed E-state index contributed by atoms with van der Waals surface area (Å²) < 4.78 is 1.56. The van der Waals surface area contributed by atoms with Crippen molar-refractivity contribution >= 4 is 22.6 Å². The van der Waals surface area contributed by atoms with Crippen LogP contribution in [0.2, 0.25) is 0 Å². The molecule has 132 valence electrons. The molecule has 1 aliphatic carbocycles. The summed E-state index contributed by atoms with van der Waals surface area (Å²) in [5, 5.41) is 0. The minimum absolute atomic E-state index is 0.556. The van der Waals surface area contributed by atoms with Gasteiger partial charge in [0.2, 0.25) is 0 Å². The van der Waals surface area contributed by atoms with Crippen LogP contribution in [0.1, 0.15) is 87.0 Å². The summed E-state index contributed by atoms with van der Waals surface area (Å²) in [6, 6.07) is 0. The van der Waals surface area contributed by atoms with E-state index < -0.39 is 0 Å². The summed E-state index contributed by atoms with van der Waals surface area (Å²) in [4.78, 5) is 0. The zero-order valence-electron chi connectivity index (χ0n) is 16.5. The molecule has 0 bridgehead atoms. The van der Waals surface area contributed by atoms with Crippen LogP contribution in [-0.4, -0.2) is 0 Å². The Labute approximate surface area is 159 Å². The summed E-state index contributed by atoms with van der Waals surface area (Å²) in [5.74, 6) is 1.53. The van der Waals surface area contributed by atoms with Gasteiger partial charge >= 0.3 is 0 Å². The van der Waals surface area contributed by atoms with E-state index in [-0.39, 0.29) is 0 Å². The highest BCUT2D eigenvalue weighted by Gasteiger charge is 2.31. The van der Waals surface area contributed by atoms with Gasteiger partial charge < -0.3 is 0 Å². The zero-order chi connectivity index (χ0) is 17.8. The van der Waals surface area contributed by atoms with E-state index in [1.165, 1.54) is 60.8 Å². The van der Waals surface area contributed by atoms with E-state index in [1.807, 2.05) is 0 Å². The summed E-state index contributed by atoms with van der Waals surface area (Å²) >= 11 is 2.62. The highest BCUT2D eigenvalue weighted by atomic mass is 127. The summed E-state index contributed by atoms with van der Waals surface area (Å²) in [7, 11) is 0. The van der Waals surface area contributed by atoms with E-state index in [0.717, 1.165) is 5.92 Å². The first-order valence-electron chi connectivity index (χ1n) is 9.33. The molecule has 1 fully saturated rings. The normalized spacial score (nSPS) is 22.3. The molecular formula is C22H37I. The van der Waals surface area contributed by atoms with Gasteiger partial charge in [-0.15, -0.1) is 0 Å². The van der Waals surface area contributed by atoms with E-state index >= 15 is 0 Å². The van der Waals surface area contributed by atoms with Crippen LogP contribution in [0.5, 0.6) is 0 Å². The number of allylic oxidation sites excluding steroid dienone is 5. The van der Waals surface area contributed by atoms with Crippen molar-refractivity contribution in [2.45, 2.75) is 87.0 Å². The molecule has 0 aromatic rings. The van der Waals surface area contributed by atoms with Crippen LogP contribution in [0.25, 0.3) is 0 Å². The van der Waals surface area contributed by atoms with Gasteiger partial charge in [0.05, 0.1) is 0 Å². The smallest absolute Gasteiger partial charge is 0.00278 e. The molecule has 0 aromatic carbocycles. The first-order valence-corrected chi connectivity index (χ1v) is 10.4. The fraction of sp³-hybridized carbons (Fsp3) is 0.727. The third kappa shape index (κ3) is 5.76. The maximum Gasteiger partial charge on any atom is -0.00278 e. The van der Waals surface area contributed by atoms with Crippen LogP contribution < -0.4 is 0 Å². The zero-order valence-corrected chi connectivity index (χ0v) is 18.6. The molecule has 0 aromatic heterocycles. The van der Waals surface area contributed by atoms with Crippen molar-refractivity contribution < 1.29 is 0 Å². The molecule has 1 heteroatoms. The molecule has 0 unspecified atom stereocenters. The van der Waals surface area contributed by atoms with Gasteiger partial charge in [0.25, 0.3) is 0 Å². The van der Waals surface area contributed by atoms with E-state index in [2.05, 4.69) is 77.6 Å². The highest BCUT2D eigenvalue weighted by Crippen LogP contribution is 2.45. The maximum atomic E-state index is 4.26.